The van der Waals surface area contributed by atoms with Crippen LogP contribution in [0.5, 0.6) is 5.75 Å². The van der Waals surface area contributed by atoms with Gasteiger partial charge < -0.3 is 9.84 Å². The topological polar surface area (TPSA) is 62.7 Å². The summed E-state index contributed by atoms with van der Waals surface area (Å²) in [6, 6.07) is 8.85. The van der Waals surface area contributed by atoms with Gasteiger partial charge >= 0.3 is 12.1 Å². The molecule has 2 aliphatic rings. The van der Waals surface area contributed by atoms with Crippen LogP contribution in [0.25, 0.3) is 5.57 Å². The Hall–Kier alpha value is -2.87. The number of benzene rings is 1. The average molecular weight is 475 g/mol. The molecule has 1 aromatic carbocycles. The van der Waals surface area contributed by atoms with E-state index in [4.69, 9.17) is 9.84 Å². The van der Waals surface area contributed by atoms with Crippen LogP contribution in [0.4, 0.5) is 13.2 Å². The second kappa shape index (κ2) is 9.41. The van der Waals surface area contributed by atoms with Gasteiger partial charge in [-0.05, 0) is 66.1 Å². The molecule has 8 heteroatoms. The third kappa shape index (κ3) is 5.12. The van der Waals surface area contributed by atoms with Crippen molar-refractivity contribution in [1.29, 1.82) is 0 Å². The van der Waals surface area contributed by atoms with Crippen molar-refractivity contribution in [3.63, 3.8) is 0 Å². The molecule has 1 aliphatic carbocycles. The summed E-state index contributed by atoms with van der Waals surface area (Å²) in [5.41, 5.74) is 4.38. The van der Waals surface area contributed by atoms with Crippen LogP contribution in [0.3, 0.4) is 0 Å². The number of carbonyl (C=O) groups is 1. The van der Waals surface area contributed by atoms with E-state index in [2.05, 4.69) is 16.8 Å². The lowest BCUT2D eigenvalue weighted by Gasteiger charge is -2.38. The van der Waals surface area contributed by atoms with Gasteiger partial charge in [0.25, 0.3) is 0 Å². The number of nitrogens with zero attached hydrogens (tertiary/aromatic N) is 2. The zero-order valence-electron chi connectivity index (χ0n) is 19.6. The molecule has 0 unspecified atom stereocenters. The average Bonchev–Trinajstić information content (AvgIpc) is 2.74. The minimum Gasteiger partial charge on any atom is -0.487 e. The number of rotatable bonds is 7. The largest absolute Gasteiger partial charge is 0.487 e. The molecule has 0 amide bonds. The summed E-state index contributed by atoms with van der Waals surface area (Å²) < 4.78 is 46.1. The molecule has 5 nitrogen and oxygen atoms in total. The fraction of sp³-hybridized carbons (Fsp3) is 0.462. The fourth-order valence-electron chi connectivity index (χ4n) is 4.66. The molecule has 182 valence electrons. The number of ether oxygens (including phenoxy) is 1. The first-order valence-corrected chi connectivity index (χ1v) is 11.5. The second-order valence-corrected chi connectivity index (χ2v) is 9.46. The molecule has 0 bridgehead atoms. The third-order valence-corrected chi connectivity index (χ3v) is 6.69. The highest BCUT2D eigenvalue weighted by Crippen LogP contribution is 2.36. The Kier molecular flexibility index (Phi) is 6.71. The minimum atomic E-state index is -4.51. The van der Waals surface area contributed by atoms with Crippen molar-refractivity contribution in [1.82, 2.24) is 9.88 Å². The van der Waals surface area contributed by atoms with Gasteiger partial charge in [-0.2, -0.15) is 13.2 Å². The van der Waals surface area contributed by atoms with Crippen LogP contribution in [0.1, 0.15) is 61.2 Å². The summed E-state index contributed by atoms with van der Waals surface area (Å²) in [5.74, 6) is -0.671. The van der Waals surface area contributed by atoms with E-state index in [1.807, 2.05) is 18.2 Å². The number of likely N-dealkylation sites (tertiary alicyclic amines) is 1. The molecule has 0 radical (unpaired) electrons. The van der Waals surface area contributed by atoms with Crippen molar-refractivity contribution >= 4 is 11.5 Å². The molecule has 1 saturated heterocycles. The molecule has 4 rings (SSSR count). The number of aliphatic carboxylic acids is 1. The number of allylic oxidation sites excluding steroid dienone is 1. The summed E-state index contributed by atoms with van der Waals surface area (Å²) >= 11 is 0. The summed E-state index contributed by atoms with van der Waals surface area (Å²) in [4.78, 5) is 17.0. The van der Waals surface area contributed by atoms with Crippen molar-refractivity contribution in [2.75, 3.05) is 19.6 Å². The van der Waals surface area contributed by atoms with Crippen LogP contribution < -0.4 is 4.74 Å². The number of hydrogen-bond donors (Lipinski definition) is 1. The zero-order chi connectivity index (χ0) is 24.6. The number of aromatic nitrogens is 1. The predicted octanol–water partition coefficient (Wildman–Crippen LogP) is 5.54. The van der Waals surface area contributed by atoms with Crippen molar-refractivity contribution in [2.45, 2.75) is 52.3 Å². The standard InChI is InChI=1S/C26H29F3N2O3/c1-15(2)22-8-6-20(30-24(22)26(27,28)29)14-34-21-7-9-23-16(3)18(5-4-17(23)10-21)11-31-12-19(13-31)25(32)33/h6-10,15,19H,4-5,11-14H2,1-3H3,(H,32,33). The van der Waals surface area contributed by atoms with Gasteiger partial charge in [0.05, 0.1) is 11.6 Å². The van der Waals surface area contributed by atoms with Gasteiger partial charge in [0.2, 0.25) is 0 Å². The highest BCUT2D eigenvalue weighted by atomic mass is 19.4. The number of alkyl halides is 3. The maximum absolute atomic E-state index is 13.4. The molecular formula is C26H29F3N2O3. The van der Waals surface area contributed by atoms with Crippen molar-refractivity contribution in [3.05, 3.63) is 64.0 Å². The molecule has 1 N–H and O–H groups in total. The monoisotopic (exact) mass is 474 g/mol. The number of pyridine rings is 1. The van der Waals surface area contributed by atoms with E-state index < -0.39 is 17.8 Å². The van der Waals surface area contributed by atoms with E-state index in [0.29, 0.717) is 18.8 Å². The van der Waals surface area contributed by atoms with E-state index in [0.717, 1.165) is 30.5 Å². The SMILES string of the molecule is CC1=C(CN2CC(C(=O)O)C2)CCc2cc(OCc3ccc(C(C)C)c(C(F)(F)F)n3)ccc21. The van der Waals surface area contributed by atoms with E-state index >= 15 is 0 Å². The van der Waals surface area contributed by atoms with Crippen molar-refractivity contribution in [3.8, 4) is 5.75 Å². The van der Waals surface area contributed by atoms with Crippen LogP contribution in [0.15, 0.2) is 35.9 Å². The molecule has 1 fully saturated rings. The number of carboxylic acids is 1. The van der Waals surface area contributed by atoms with Gasteiger partial charge in [0, 0.05) is 19.6 Å². The molecule has 0 spiro atoms. The lowest BCUT2D eigenvalue weighted by Crippen LogP contribution is -2.50. The Morgan fingerprint density at radius 1 is 1.21 bits per heavy atom. The van der Waals surface area contributed by atoms with Gasteiger partial charge in [0.1, 0.15) is 18.1 Å². The minimum absolute atomic E-state index is 0.0416. The molecule has 34 heavy (non-hydrogen) atoms. The van der Waals surface area contributed by atoms with E-state index in [9.17, 15) is 18.0 Å². The lowest BCUT2D eigenvalue weighted by molar-refractivity contribution is -0.147. The van der Waals surface area contributed by atoms with Crippen LogP contribution in [0, 0.1) is 5.92 Å². The number of hydrogen-bond acceptors (Lipinski definition) is 4. The molecular weight excluding hydrogens is 445 g/mol. The van der Waals surface area contributed by atoms with Gasteiger partial charge in [0.15, 0.2) is 0 Å². The first kappa shape index (κ1) is 24.3. The van der Waals surface area contributed by atoms with E-state index in [1.165, 1.54) is 17.2 Å². The fourth-order valence-corrected chi connectivity index (χ4v) is 4.66. The molecule has 0 atom stereocenters. The van der Waals surface area contributed by atoms with Crippen LogP contribution >= 0.6 is 0 Å². The quantitative estimate of drug-likeness (QED) is 0.571. The number of fused-ring (bicyclic) bond motifs is 1. The summed E-state index contributed by atoms with van der Waals surface area (Å²) in [7, 11) is 0. The lowest BCUT2D eigenvalue weighted by atomic mass is 9.85. The first-order chi connectivity index (χ1) is 16.0. The van der Waals surface area contributed by atoms with Crippen LogP contribution in [-0.2, 0) is 24.0 Å². The molecule has 2 heterocycles. The Labute approximate surface area is 197 Å². The van der Waals surface area contributed by atoms with Gasteiger partial charge in [-0.25, -0.2) is 4.98 Å². The Morgan fingerprint density at radius 3 is 2.59 bits per heavy atom. The maximum atomic E-state index is 13.4. The highest BCUT2D eigenvalue weighted by molar-refractivity contribution is 5.73. The van der Waals surface area contributed by atoms with Gasteiger partial charge in [-0.15, -0.1) is 0 Å². The Morgan fingerprint density at radius 2 is 1.94 bits per heavy atom. The number of halogens is 3. The Bertz CT molecular complexity index is 1120. The molecule has 0 saturated carbocycles. The highest BCUT2D eigenvalue weighted by Gasteiger charge is 2.36. The predicted molar refractivity (Wildman–Crippen MR) is 123 cm³/mol. The second-order valence-electron chi connectivity index (χ2n) is 9.46. The Balaban J connectivity index is 1.43. The third-order valence-electron chi connectivity index (χ3n) is 6.69. The van der Waals surface area contributed by atoms with Crippen molar-refractivity contribution < 1.29 is 27.8 Å². The molecule has 2 aromatic rings. The molecule has 1 aliphatic heterocycles. The van der Waals surface area contributed by atoms with Gasteiger partial charge in [-0.1, -0.05) is 31.6 Å². The summed E-state index contributed by atoms with van der Waals surface area (Å²) in [5, 5.41) is 9.06. The smallest absolute Gasteiger partial charge is 0.433 e. The summed E-state index contributed by atoms with van der Waals surface area (Å²) in [6.07, 6.45) is -2.77. The van der Waals surface area contributed by atoms with Gasteiger partial charge in [-0.3, -0.25) is 9.69 Å². The van der Waals surface area contributed by atoms with E-state index in [1.54, 1.807) is 19.9 Å². The number of aryl methyl sites for hydroxylation is 1. The zero-order valence-corrected chi connectivity index (χ0v) is 19.6. The normalized spacial score (nSPS) is 17.0. The van der Waals surface area contributed by atoms with Crippen molar-refractivity contribution in [2.24, 2.45) is 5.92 Å². The summed E-state index contributed by atoms with van der Waals surface area (Å²) in [6.45, 7) is 7.44. The maximum Gasteiger partial charge on any atom is 0.433 e. The van der Waals surface area contributed by atoms with Crippen LogP contribution in [0.2, 0.25) is 0 Å². The van der Waals surface area contributed by atoms with Crippen LogP contribution in [-0.4, -0.2) is 40.6 Å². The molecule has 1 aromatic heterocycles. The first-order valence-electron chi connectivity index (χ1n) is 11.5. The number of carboxylic acid groups (broad SMARTS) is 1. The van der Waals surface area contributed by atoms with E-state index in [-0.39, 0.29) is 29.7 Å².